The number of halogens is 6. The van der Waals surface area contributed by atoms with Gasteiger partial charge in [0.15, 0.2) is 5.65 Å². The van der Waals surface area contributed by atoms with E-state index in [0.29, 0.717) is 43.7 Å². The van der Waals surface area contributed by atoms with Crippen LogP contribution in [0.2, 0.25) is 0 Å². The second-order valence-electron chi connectivity index (χ2n) is 12.2. The van der Waals surface area contributed by atoms with Gasteiger partial charge in [-0.1, -0.05) is 0 Å². The molecule has 4 rings (SSSR count). The topological polar surface area (TPSA) is 97.2 Å². The predicted octanol–water partition coefficient (Wildman–Crippen LogP) is 7.39. The minimum Gasteiger partial charge on any atom is -0.444 e. The average Bonchev–Trinajstić information content (AvgIpc) is 3.17. The van der Waals surface area contributed by atoms with E-state index in [1.165, 1.54) is 6.20 Å². The zero-order valence-corrected chi connectivity index (χ0v) is 24.0. The Morgan fingerprint density at radius 2 is 1.48 bits per heavy atom. The Bertz CT molecular complexity index is 1410. The lowest BCUT2D eigenvalue weighted by atomic mass is 10.1. The average molecular weight is 602 g/mol. The number of alkyl halides is 6. The number of hydrogen-bond donors (Lipinski definition) is 2. The van der Waals surface area contributed by atoms with Crippen LogP contribution in [0.5, 0.6) is 0 Å². The highest BCUT2D eigenvalue weighted by atomic mass is 19.4. The highest BCUT2D eigenvalue weighted by Crippen LogP contribution is 2.39. The van der Waals surface area contributed by atoms with Crippen molar-refractivity contribution in [2.24, 2.45) is 0 Å². The number of hydrogen-bond acceptors (Lipinski definition) is 7. The molecule has 1 amide bonds. The monoisotopic (exact) mass is 601 g/mol. The number of rotatable bonds is 4. The fourth-order valence-electron chi connectivity index (χ4n) is 4.51. The van der Waals surface area contributed by atoms with E-state index in [2.05, 4.69) is 25.6 Å². The molecule has 1 aliphatic rings. The largest absolute Gasteiger partial charge is 0.444 e. The molecular formula is C27H33F6N7O2. The number of carbonyl (C=O) groups is 1. The Hall–Kier alpha value is -3.78. The maximum atomic E-state index is 13.5. The van der Waals surface area contributed by atoms with E-state index in [9.17, 15) is 31.1 Å². The lowest BCUT2D eigenvalue weighted by molar-refractivity contribution is -0.143. The zero-order valence-electron chi connectivity index (χ0n) is 24.0. The van der Waals surface area contributed by atoms with Crippen molar-refractivity contribution in [3.8, 4) is 0 Å². The van der Waals surface area contributed by atoms with Crippen LogP contribution in [0.15, 0.2) is 24.4 Å². The number of piperidine rings is 1. The van der Waals surface area contributed by atoms with Crippen molar-refractivity contribution in [2.45, 2.75) is 83.9 Å². The summed E-state index contributed by atoms with van der Waals surface area (Å²) >= 11 is 0. The maximum Gasteiger partial charge on any atom is 0.416 e. The zero-order chi connectivity index (χ0) is 31.3. The molecule has 0 atom stereocenters. The van der Waals surface area contributed by atoms with Crippen molar-refractivity contribution in [3.63, 3.8) is 0 Å². The number of likely N-dealkylation sites (tertiary alicyclic amines) is 1. The first-order valence-electron chi connectivity index (χ1n) is 13.3. The molecule has 9 nitrogen and oxygen atoms in total. The molecule has 3 heterocycles. The van der Waals surface area contributed by atoms with E-state index in [-0.39, 0.29) is 29.5 Å². The van der Waals surface area contributed by atoms with Gasteiger partial charge < -0.3 is 20.3 Å². The minimum absolute atomic E-state index is 0.00428. The Balaban J connectivity index is 1.75. The number of amides is 1. The van der Waals surface area contributed by atoms with Crippen LogP contribution in [0.1, 0.15) is 71.6 Å². The molecule has 1 fully saturated rings. The molecule has 0 saturated carbocycles. The number of nitrogens with one attached hydrogen (secondary N) is 2. The molecule has 1 aromatic carbocycles. The first-order valence-corrected chi connectivity index (χ1v) is 13.3. The molecule has 2 N–H and O–H groups in total. The SMILES string of the molecule is CC(C)(C)Nc1ncc2nc(Nc3cc(C(F)(F)F)cc(C(F)(F)F)c3)n(C3CCN(C(=O)OC(C)(C)C)CC3)c2n1. The van der Waals surface area contributed by atoms with Crippen molar-refractivity contribution < 1.29 is 35.9 Å². The van der Waals surface area contributed by atoms with Gasteiger partial charge in [0.2, 0.25) is 11.9 Å². The molecular weight excluding hydrogens is 568 g/mol. The van der Waals surface area contributed by atoms with E-state index in [4.69, 9.17) is 4.74 Å². The van der Waals surface area contributed by atoms with Crippen molar-refractivity contribution in [3.05, 3.63) is 35.5 Å². The summed E-state index contributed by atoms with van der Waals surface area (Å²) in [5.74, 6) is 0.266. The molecule has 0 radical (unpaired) electrons. The van der Waals surface area contributed by atoms with Crippen LogP contribution in [0.3, 0.4) is 0 Å². The second-order valence-corrected chi connectivity index (χ2v) is 12.2. The van der Waals surface area contributed by atoms with Crippen LogP contribution in [-0.2, 0) is 17.1 Å². The lowest BCUT2D eigenvalue weighted by Gasteiger charge is -2.34. The van der Waals surface area contributed by atoms with Gasteiger partial charge in [-0.05, 0) is 72.6 Å². The summed E-state index contributed by atoms with van der Waals surface area (Å²) in [5, 5.41) is 5.83. The maximum absolute atomic E-state index is 13.5. The molecule has 1 aliphatic heterocycles. The van der Waals surface area contributed by atoms with E-state index in [0.717, 1.165) is 0 Å². The van der Waals surface area contributed by atoms with E-state index in [1.807, 2.05) is 20.8 Å². The van der Waals surface area contributed by atoms with E-state index < -0.39 is 46.4 Å². The third kappa shape index (κ3) is 7.53. The number of benzene rings is 1. The summed E-state index contributed by atoms with van der Waals surface area (Å²) in [6.45, 7) is 11.6. The van der Waals surface area contributed by atoms with Crippen LogP contribution in [0, 0.1) is 0 Å². The second kappa shape index (κ2) is 10.8. The van der Waals surface area contributed by atoms with E-state index >= 15 is 0 Å². The van der Waals surface area contributed by atoms with Crippen LogP contribution >= 0.6 is 0 Å². The van der Waals surface area contributed by atoms with Crippen molar-refractivity contribution in [2.75, 3.05) is 23.7 Å². The first kappa shape index (κ1) is 31.2. The quantitative estimate of drug-likeness (QED) is 0.301. The molecule has 3 aromatic rings. The number of fused-ring (bicyclic) bond motifs is 1. The van der Waals surface area contributed by atoms with Gasteiger partial charge in [-0.2, -0.15) is 31.3 Å². The van der Waals surface area contributed by atoms with Gasteiger partial charge in [-0.25, -0.2) is 14.8 Å². The van der Waals surface area contributed by atoms with Crippen molar-refractivity contribution in [1.82, 2.24) is 24.4 Å². The third-order valence-electron chi connectivity index (χ3n) is 6.24. The highest BCUT2D eigenvalue weighted by Gasteiger charge is 2.37. The number of imidazole rings is 1. The van der Waals surface area contributed by atoms with E-state index in [1.54, 1.807) is 30.2 Å². The highest BCUT2D eigenvalue weighted by molar-refractivity contribution is 5.77. The summed E-state index contributed by atoms with van der Waals surface area (Å²) < 4.78 is 88.2. The normalized spacial score (nSPS) is 15.7. The van der Waals surface area contributed by atoms with Gasteiger partial charge in [-0.3, -0.25) is 4.57 Å². The van der Waals surface area contributed by atoms with Gasteiger partial charge >= 0.3 is 18.4 Å². The molecule has 2 aromatic heterocycles. The van der Waals surface area contributed by atoms with Gasteiger partial charge in [0.25, 0.3) is 0 Å². The summed E-state index contributed by atoms with van der Waals surface area (Å²) in [7, 11) is 0. The van der Waals surface area contributed by atoms with Gasteiger partial charge in [0.1, 0.15) is 11.1 Å². The molecule has 230 valence electrons. The van der Waals surface area contributed by atoms with Gasteiger partial charge in [-0.15, -0.1) is 0 Å². The summed E-state index contributed by atoms with van der Waals surface area (Å²) in [6, 6.07) is 0.919. The minimum atomic E-state index is -5.01. The first-order chi connectivity index (χ1) is 19.2. The fraction of sp³-hybridized carbons (Fsp3) is 0.556. The number of anilines is 3. The molecule has 42 heavy (non-hydrogen) atoms. The summed E-state index contributed by atoms with van der Waals surface area (Å²) in [6.07, 6.45) is -8.25. The standard InChI is InChI=1S/C27H33F6N7O2/c1-24(2,3)38-21-34-14-19-20(37-21)40(18-7-9-39(10-8-18)23(41)42-25(4,5)6)22(36-19)35-17-12-15(26(28,29)30)11-16(13-17)27(31,32)33/h11-14,18H,7-10H2,1-6H3,(H,35,36)(H,34,37,38). The summed E-state index contributed by atoms with van der Waals surface area (Å²) in [4.78, 5) is 27.4. The Kier molecular flexibility index (Phi) is 8.02. The molecule has 15 heteroatoms. The van der Waals surface area contributed by atoms with Crippen LogP contribution in [0.25, 0.3) is 11.2 Å². The molecule has 0 aliphatic carbocycles. The smallest absolute Gasteiger partial charge is 0.416 e. The lowest BCUT2D eigenvalue weighted by Crippen LogP contribution is -2.42. The van der Waals surface area contributed by atoms with Crippen molar-refractivity contribution >= 4 is 34.8 Å². The Morgan fingerprint density at radius 1 is 0.905 bits per heavy atom. The molecule has 0 spiro atoms. The number of ether oxygens (including phenoxy) is 1. The molecule has 0 bridgehead atoms. The predicted molar refractivity (Wildman–Crippen MR) is 145 cm³/mol. The number of aromatic nitrogens is 4. The molecule has 1 saturated heterocycles. The van der Waals surface area contributed by atoms with Crippen LogP contribution < -0.4 is 10.6 Å². The Labute approximate surface area is 238 Å². The fourth-order valence-corrected chi connectivity index (χ4v) is 4.51. The van der Waals surface area contributed by atoms with Gasteiger partial charge in [0.05, 0.1) is 17.3 Å². The number of carbonyl (C=O) groups excluding carboxylic acids is 1. The number of nitrogens with zero attached hydrogens (tertiary/aromatic N) is 5. The van der Waals surface area contributed by atoms with Crippen molar-refractivity contribution in [1.29, 1.82) is 0 Å². The van der Waals surface area contributed by atoms with Gasteiger partial charge in [0, 0.05) is 30.4 Å². The third-order valence-corrected chi connectivity index (χ3v) is 6.24. The van der Waals surface area contributed by atoms with Crippen LogP contribution in [-0.4, -0.2) is 54.7 Å². The van der Waals surface area contributed by atoms with Crippen LogP contribution in [0.4, 0.5) is 48.7 Å². The summed E-state index contributed by atoms with van der Waals surface area (Å²) in [5.41, 5.74) is -3.81. The molecule has 0 unspecified atom stereocenters. The Morgan fingerprint density at radius 3 is 1.98 bits per heavy atom.